The highest BCUT2D eigenvalue weighted by Gasteiger charge is 2.40. The molecule has 0 N–H and O–H groups in total. The lowest BCUT2D eigenvalue weighted by Crippen LogP contribution is -2.31. The molecule has 144 valence electrons. The summed E-state index contributed by atoms with van der Waals surface area (Å²) in [7, 11) is 0. The first-order valence-corrected chi connectivity index (χ1v) is 10.5. The SMILES string of the molecule is Cc1ccc(N2C(=O)C(SCc3ccccc3)=C(c3ccccc3)C2=O)cc1Cl. The van der Waals surface area contributed by atoms with E-state index in [-0.39, 0.29) is 11.8 Å². The summed E-state index contributed by atoms with van der Waals surface area (Å²) in [5.41, 5.74) is 3.65. The molecule has 3 aromatic rings. The summed E-state index contributed by atoms with van der Waals surface area (Å²) >= 11 is 7.64. The van der Waals surface area contributed by atoms with E-state index < -0.39 is 0 Å². The van der Waals surface area contributed by atoms with Gasteiger partial charge in [0.05, 0.1) is 16.2 Å². The fourth-order valence-corrected chi connectivity index (χ4v) is 4.43. The maximum atomic E-state index is 13.3. The number of hydrogen-bond donors (Lipinski definition) is 0. The number of halogens is 1. The lowest BCUT2D eigenvalue weighted by molar-refractivity contribution is -0.119. The molecule has 0 atom stereocenters. The second-order valence-corrected chi connectivity index (χ2v) is 8.12. The number of carbonyl (C=O) groups excluding carboxylic acids is 2. The van der Waals surface area contributed by atoms with Crippen LogP contribution in [-0.2, 0) is 15.3 Å². The Morgan fingerprint density at radius 2 is 1.52 bits per heavy atom. The van der Waals surface area contributed by atoms with Gasteiger partial charge in [0.15, 0.2) is 0 Å². The Morgan fingerprint density at radius 3 is 2.17 bits per heavy atom. The van der Waals surface area contributed by atoms with Gasteiger partial charge in [0.1, 0.15) is 0 Å². The molecule has 0 radical (unpaired) electrons. The zero-order valence-corrected chi connectivity index (χ0v) is 17.3. The number of anilines is 1. The van der Waals surface area contributed by atoms with E-state index in [9.17, 15) is 9.59 Å². The number of carbonyl (C=O) groups is 2. The number of imide groups is 1. The molecule has 3 aromatic carbocycles. The van der Waals surface area contributed by atoms with Crippen molar-refractivity contribution in [1.29, 1.82) is 0 Å². The minimum atomic E-state index is -0.323. The van der Waals surface area contributed by atoms with Crippen molar-refractivity contribution in [2.24, 2.45) is 0 Å². The van der Waals surface area contributed by atoms with Crippen LogP contribution in [0.15, 0.2) is 83.8 Å². The Morgan fingerprint density at radius 1 is 0.862 bits per heavy atom. The van der Waals surface area contributed by atoms with Crippen LogP contribution in [0, 0.1) is 6.92 Å². The summed E-state index contributed by atoms with van der Waals surface area (Å²) < 4.78 is 0. The van der Waals surface area contributed by atoms with Crippen LogP contribution >= 0.6 is 23.4 Å². The van der Waals surface area contributed by atoms with Crippen LogP contribution in [0.1, 0.15) is 16.7 Å². The molecular weight excluding hydrogens is 402 g/mol. The van der Waals surface area contributed by atoms with E-state index in [0.29, 0.717) is 26.9 Å². The second-order valence-electron chi connectivity index (χ2n) is 6.72. The third kappa shape index (κ3) is 3.86. The van der Waals surface area contributed by atoms with Gasteiger partial charge in [-0.1, -0.05) is 78.3 Å². The van der Waals surface area contributed by atoms with Gasteiger partial charge < -0.3 is 0 Å². The van der Waals surface area contributed by atoms with Crippen LogP contribution in [0.4, 0.5) is 5.69 Å². The van der Waals surface area contributed by atoms with Gasteiger partial charge in [0.25, 0.3) is 11.8 Å². The highest BCUT2D eigenvalue weighted by Crippen LogP contribution is 2.40. The van der Waals surface area contributed by atoms with Gasteiger partial charge in [-0.2, -0.15) is 0 Å². The number of aryl methyl sites for hydroxylation is 1. The predicted molar refractivity (Wildman–Crippen MR) is 120 cm³/mol. The van der Waals surface area contributed by atoms with Crippen LogP contribution in [0.5, 0.6) is 0 Å². The van der Waals surface area contributed by atoms with Crippen LogP contribution in [0.2, 0.25) is 5.02 Å². The van der Waals surface area contributed by atoms with Crippen molar-refractivity contribution in [3.8, 4) is 0 Å². The van der Waals surface area contributed by atoms with E-state index >= 15 is 0 Å². The Balaban J connectivity index is 1.74. The quantitative estimate of drug-likeness (QED) is 0.485. The summed E-state index contributed by atoms with van der Waals surface area (Å²) in [6, 6.07) is 24.5. The Hall–Kier alpha value is -2.82. The molecule has 0 saturated carbocycles. The minimum absolute atomic E-state index is 0.310. The number of nitrogens with zero attached hydrogens (tertiary/aromatic N) is 1. The van der Waals surface area contributed by atoms with E-state index in [1.807, 2.05) is 73.7 Å². The molecule has 1 aliphatic heterocycles. The lowest BCUT2D eigenvalue weighted by atomic mass is 10.1. The largest absolute Gasteiger partial charge is 0.272 e. The van der Waals surface area contributed by atoms with Gasteiger partial charge in [-0.25, -0.2) is 4.90 Å². The molecule has 0 fully saturated rings. The van der Waals surface area contributed by atoms with Gasteiger partial charge >= 0.3 is 0 Å². The van der Waals surface area contributed by atoms with E-state index in [1.54, 1.807) is 12.1 Å². The molecule has 0 unspecified atom stereocenters. The highest BCUT2D eigenvalue weighted by atomic mass is 35.5. The Labute approximate surface area is 179 Å². The Bertz CT molecular complexity index is 1110. The number of rotatable bonds is 5. The van der Waals surface area contributed by atoms with E-state index in [4.69, 9.17) is 11.6 Å². The van der Waals surface area contributed by atoms with E-state index in [0.717, 1.165) is 16.7 Å². The number of hydrogen-bond acceptors (Lipinski definition) is 3. The van der Waals surface area contributed by atoms with Gasteiger partial charge in [-0.05, 0) is 35.7 Å². The maximum Gasteiger partial charge on any atom is 0.272 e. The zero-order valence-electron chi connectivity index (χ0n) is 15.8. The van der Waals surface area contributed by atoms with Gasteiger partial charge in [0.2, 0.25) is 0 Å². The fraction of sp³-hybridized carbons (Fsp3) is 0.0833. The van der Waals surface area contributed by atoms with Crippen LogP contribution in [0.3, 0.4) is 0 Å². The third-order valence-corrected chi connectivity index (χ3v) is 6.30. The number of amides is 2. The van der Waals surface area contributed by atoms with Crippen molar-refractivity contribution >= 4 is 46.4 Å². The van der Waals surface area contributed by atoms with Crippen molar-refractivity contribution in [3.63, 3.8) is 0 Å². The van der Waals surface area contributed by atoms with Gasteiger partial charge in [0, 0.05) is 10.8 Å². The lowest BCUT2D eigenvalue weighted by Gasteiger charge is -2.16. The van der Waals surface area contributed by atoms with Gasteiger partial charge in [-0.3, -0.25) is 9.59 Å². The van der Waals surface area contributed by atoms with Crippen LogP contribution < -0.4 is 4.90 Å². The van der Waals surface area contributed by atoms with Crippen LogP contribution in [0.25, 0.3) is 5.57 Å². The Kier molecular flexibility index (Phi) is 5.56. The van der Waals surface area contributed by atoms with Crippen molar-refractivity contribution in [1.82, 2.24) is 0 Å². The molecule has 0 aliphatic carbocycles. The molecule has 0 saturated heterocycles. The topological polar surface area (TPSA) is 37.4 Å². The van der Waals surface area contributed by atoms with Crippen molar-refractivity contribution < 1.29 is 9.59 Å². The third-order valence-electron chi connectivity index (χ3n) is 4.74. The monoisotopic (exact) mass is 419 g/mol. The van der Waals surface area contributed by atoms with E-state index in [1.165, 1.54) is 16.7 Å². The van der Waals surface area contributed by atoms with Crippen molar-refractivity contribution in [2.45, 2.75) is 12.7 Å². The average Bonchev–Trinajstić information content (AvgIpc) is 2.99. The highest BCUT2D eigenvalue weighted by molar-refractivity contribution is 8.03. The molecular formula is C24H18ClNO2S. The number of thioether (sulfide) groups is 1. The summed E-state index contributed by atoms with van der Waals surface area (Å²) in [5.74, 6) is -0.0278. The summed E-state index contributed by atoms with van der Waals surface area (Å²) in [6.07, 6.45) is 0. The molecule has 1 heterocycles. The second kappa shape index (κ2) is 8.27. The van der Waals surface area contributed by atoms with Crippen molar-refractivity contribution in [2.75, 3.05) is 4.90 Å². The van der Waals surface area contributed by atoms with E-state index in [2.05, 4.69) is 0 Å². The molecule has 29 heavy (non-hydrogen) atoms. The maximum absolute atomic E-state index is 13.3. The predicted octanol–water partition coefficient (Wildman–Crippen LogP) is 5.87. The fourth-order valence-electron chi connectivity index (χ4n) is 3.19. The summed E-state index contributed by atoms with van der Waals surface area (Å²) in [5, 5.41) is 0.523. The first kappa shape index (κ1) is 19.5. The van der Waals surface area contributed by atoms with Crippen molar-refractivity contribution in [3.05, 3.63) is 105 Å². The minimum Gasteiger partial charge on any atom is -0.268 e. The summed E-state index contributed by atoms with van der Waals surface area (Å²) in [4.78, 5) is 28.3. The molecule has 3 nitrogen and oxygen atoms in total. The smallest absolute Gasteiger partial charge is 0.268 e. The molecule has 1 aliphatic rings. The molecule has 0 spiro atoms. The molecule has 4 rings (SSSR count). The molecule has 5 heteroatoms. The first-order valence-electron chi connectivity index (χ1n) is 9.17. The molecule has 2 amide bonds. The molecule has 0 aromatic heterocycles. The zero-order chi connectivity index (χ0) is 20.4. The first-order chi connectivity index (χ1) is 14.1. The normalized spacial score (nSPS) is 14.1. The number of benzene rings is 3. The van der Waals surface area contributed by atoms with Crippen LogP contribution in [-0.4, -0.2) is 11.8 Å². The van der Waals surface area contributed by atoms with Gasteiger partial charge in [-0.15, -0.1) is 11.8 Å². The summed E-state index contributed by atoms with van der Waals surface area (Å²) in [6.45, 7) is 1.88. The standard InChI is InChI=1S/C24H18ClNO2S/c1-16-12-13-19(14-20(16)25)26-23(27)21(18-10-6-3-7-11-18)22(24(26)28)29-15-17-8-4-2-5-9-17/h2-14H,15H2,1H3. The average molecular weight is 420 g/mol. The molecule has 0 bridgehead atoms.